The third kappa shape index (κ3) is 3.13. The van der Waals surface area contributed by atoms with Crippen molar-refractivity contribution in [1.82, 2.24) is 5.32 Å². The molecule has 1 rings (SSSR count). The number of aryl methyl sites for hydroxylation is 1. The van der Waals surface area contributed by atoms with Gasteiger partial charge in [0.25, 0.3) is 0 Å². The van der Waals surface area contributed by atoms with Crippen molar-refractivity contribution in [3.05, 3.63) is 35.9 Å². The Bertz CT molecular complexity index is 252. The summed E-state index contributed by atoms with van der Waals surface area (Å²) in [6.07, 6.45) is 2.15. The molecule has 0 saturated carbocycles. The molecule has 0 aromatic heterocycles. The van der Waals surface area contributed by atoms with E-state index in [1.807, 2.05) is 13.1 Å². The van der Waals surface area contributed by atoms with E-state index in [1.54, 1.807) is 0 Å². The van der Waals surface area contributed by atoms with Crippen LogP contribution in [0.3, 0.4) is 0 Å². The Morgan fingerprint density at radius 3 is 2.43 bits per heavy atom. The van der Waals surface area contributed by atoms with E-state index in [9.17, 15) is 0 Å². The van der Waals surface area contributed by atoms with Gasteiger partial charge >= 0.3 is 0 Å². The van der Waals surface area contributed by atoms with Gasteiger partial charge in [-0.05, 0) is 32.4 Å². The summed E-state index contributed by atoms with van der Waals surface area (Å²) in [5.74, 6) is 0. The second-order valence-electron chi connectivity index (χ2n) is 4.00. The second-order valence-corrected chi connectivity index (χ2v) is 4.00. The van der Waals surface area contributed by atoms with Gasteiger partial charge in [0.2, 0.25) is 0 Å². The third-order valence-corrected chi connectivity index (χ3v) is 2.86. The molecular formula is C12H20N2. The molecule has 0 fully saturated rings. The SMILES string of the molecule is CNC(C)(CN)CCc1ccccc1. The minimum atomic E-state index is 0.0653. The molecule has 0 amide bonds. The zero-order valence-electron chi connectivity index (χ0n) is 9.09. The number of nitrogens with two attached hydrogens (primary N) is 1. The van der Waals surface area contributed by atoms with Gasteiger partial charge in [-0.25, -0.2) is 0 Å². The van der Waals surface area contributed by atoms with Crippen molar-refractivity contribution >= 4 is 0 Å². The summed E-state index contributed by atoms with van der Waals surface area (Å²) in [4.78, 5) is 0. The lowest BCUT2D eigenvalue weighted by Crippen LogP contribution is -2.46. The maximum absolute atomic E-state index is 5.72. The van der Waals surface area contributed by atoms with Crippen LogP contribution in [-0.2, 0) is 6.42 Å². The van der Waals surface area contributed by atoms with Gasteiger partial charge in [0.05, 0.1) is 0 Å². The number of nitrogens with one attached hydrogen (secondary N) is 1. The molecule has 1 aromatic carbocycles. The Morgan fingerprint density at radius 1 is 1.29 bits per heavy atom. The zero-order chi connectivity index (χ0) is 10.4. The van der Waals surface area contributed by atoms with E-state index in [-0.39, 0.29) is 5.54 Å². The maximum atomic E-state index is 5.72. The number of benzene rings is 1. The van der Waals surface area contributed by atoms with E-state index in [1.165, 1.54) is 5.56 Å². The van der Waals surface area contributed by atoms with Crippen molar-refractivity contribution in [1.29, 1.82) is 0 Å². The molecule has 0 aliphatic heterocycles. The van der Waals surface area contributed by atoms with Crippen LogP contribution in [0, 0.1) is 0 Å². The normalized spacial score (nSPS) is 15.1. The minimum Gasteiger partial charge on any atom is -0.329 e. The van der Waals surface area contributed by atoms with Gasteiger partial charge < -0.3 is 11.1 Å². The van der Waals surface area contributed by atoms with Gasteiger partial charge in [-0.2, -0.15) is 0 Å². The molecule has 1 aromatic rings. The summed E-state index contributed by atoms with van der Waals surface area (Å²) >= 11 is 0. The lowest BCUT2D eigenvalue weighted by Gasteiger charge is -2.27. The number of hydrogen-bond acceptors (Lipinski definition) is 2. The van der Waals surface area contributed by atoms with Gasteiger partial charge in [0, 0.05) is 12.1 Å². The highest BCUT2D eigenvalue weighted by Crippen LogP contribution is 2.12. The van der Waals surface area contributed by atoms with Crippen molar-refractivity contribution < 1.29 is 0 Å². The summed E-state index contributed by atoms with van der Waals surface area (Å²) in [5.41, 5.74) is 7.16. The van der Waals surface area contributed by atoms with Crippen molar-refractivity contribution in [3.63, 3.8) is 0 Å². The van der Waals surface area contributed by atoms with Crippen LogP contribution in [0.4, 0.5) is 0 Å². The standard InChI is InChI=1S/C12H20N2/c1-12(10-13,14-2)9-8-11-6-4-3-5-7-11/h3-7,14H,8-10,13H2,1-2H3. The molecule has 0 aliphatic rings. The zero-order valence-corrected chi connectivity index (χ0v) is 9.09. The fourth-order valence-corrected chi connectivity index (χ4v) is 1.39. The van der Waals surface area contributed by atoms with Crippen LogP contribution in [0.2, 0.25) is 0 Å². The van der Waals surface area contributed by atoms with Crippen LogP contribution in [-0.4, -0.2) is 19.1 Å². The Morgan fingerprint density at radius 2 is 1.93 bits per heavy atom. The summed E-state index contributed by atoms with van der Waals surface area (Å²) in [6.45, 7) is 2.84. The van der Waals surface area contributed by atoms with Crippen molar-refractivity contribution in [2.75, 3.05) is 13.6 Å². The highest BCUT2D eigenvalue weighted by atomic mass is 15.0. The molecule has 2 heteroatoms. The van der Waals surface area contributed by atoms with Crippen LogP contribution >= 0.6 is 0 Å². The van der Waals surface area contributed by atoms with Crippen LogP contribution in [0.25, 0.3) is 0 Å². The van der Waals surface area contributed by atoms with Gasteiger partial charge in [0.1, 0.15) is 0 Å². The number of likely N-dealkylation sites (N-methyl/N-ethyl adjacent to an activating group) is 1. The van der Waals surface area contributed by atoms with E-state index in [2.05, 4.69) is 36.5 Å². The molecule has 1 atom stereocenters. The topological polar surface area (TPSA) is 38.0 Å². The van der Waals surface area contributed by atoms with E-state index in [0.717, 1.165) is 12.8 Å². The molecule has 0 spiro atoms. The number of hydrogen-bond donors (Lipinski definition) is 2. The first kappa shape index (κ1) is 11.2. The molecule has 1 unspecified atom stereocenters. The van der Waals surface area contributed by atoms with Crippen LogP contribution in [0.5, 0.6) is 0 Å². The van der Waals surface area contributed by atoms with Crippen LogP contribution in [0.1, 0.15) is 18.9 Å². The molecular weight excluding hydrogens is 172 g/mol. The van der Waals surface area contributed by atoms with Crippen LogP contribution < -0.4 is 11.1 Å². The quantitative estimate of drug-likeness (QED) is 0.743. The van der Waals surface area contributed by atoms with Gasteiger partial charge in [-0.15, -0.1) is 0 Å². The lowest BCUT2D eigenvalue weighted by atomic mass is 9.93. The average Bonchev–Trinajstić information content (AvgIpc) is 2.27. The summed E-state index contributed by atoms with van der Waals surface area (Å²) in [6, 6.07) is 10.5. The maximum Gasteiger partial charge on any atom is 0.0276 e. The highest BCUT2D eigenvalue weighted by molar-refractivity contribution is 5.15. The monoisotopic (exact) mass is 192 g/mol. The Kier molecular flexibility index (Phi) is 4.11. The summed E-state index contributed by atoms with van der Waals surface area (Å²) in [7, 11) is 1.97. The Labute approximate surface area is 86.5 Å². The predicted octanol–water partition coefficient (Wildman–Crippen LogP) is 1.56. The summed E-state index contributed by atoms with van der Waals surface area (Å²) < 4.78 is 0. The molecule has 0 aliphatic carbocycles. The molecule has 0 saturated heterocycles. The van der Waals surface area contributed by atoms with Gasteiger partial charge in [-0.1, -0.05) is 30.3 Å². The first-order chi connectivity index (χ1) is 6.70. The molecule has 14 heavy (non-hydrogen) atoms. The molecule has 3 N–H and O–H groups in total. The summed E-state index contributed by atoms with van der Waals surface area (Å²) in [5, 5.41) is 3.27. The smallest absolute Gasteiger partial charge is 0.0276 e. The van der Waals surface area contributed by atoms with Crippen molar-refractivity contribution in [3.8, 4) is 0 Å². The second kappa shape index (κ2) is 5.13. The molecule has 0 radical (unpaired) electrons. The Hall–Kier alpha value is -0.860. The third-order valence-electron chi connectivity index (χ3n) is 2.86. The number of rotatable bonds is 5. The van der Waals surface area contributed by atoms with E-state index < -0.39 is 0 Å². The van der Waals surface area contributed by atoms with Crippen LogP contribution in [0.15, 0.2) is 30.3 Å². The van der Waals surface area contributed by atoms with E-state index in [0.29, 0.717) is 6.54 Å². The molecule has 0 heterocycles. The Balaban J connectivity index is 2.48. The largest absolute Gasteiger partial charge is 0.329 e. The predicted molar refractivity (Wildman–Crippen MR) is 61.3 cm³/mol. The van der Waals surface area contributed by atoms with Gasteiger partial charge in [0.15, 0.2) is 0 Å². The van der Waals surface area contributed by atoms with E-state index >= 15 is 0 Å². The fraction of sp³-hybridized carbons (Fsp3) is 0.500. The average molecular weight is 192 g/mol. The molecule has 2 nitrogen and oxygen atoms in total. The fourth-order valence-electron chi connectivity index (χ4n) is 1.39. The highest BCUT2D eigenvalue weighted by Gasteiger charge is 2.18. The van der Waals surface area contributed by atoms with Gasteiger partial charge in [-0.3, -0.25) is 0 Å². The van der Waals surface area contributed by atoms with Crippen molar-refractivity contribution in [2.45, 2.75) is 25.3 Å². The first-order valence-electron chi connectivity index (χ1n) is 5.13. The van der Waals surface area contributed by atoms with Crippen molar-refractivity contribution in [2.24, 2.45) is 5.73 Å². The lowest BCUT2D eigenvalue weighted by molar-refractivity contribution is 0.367. The minimum absolute atomic E-state index is 0.0653. The molecule has 78 valence electrons. The molecule has 0 bridgehead atoms. The first-order valence-corrected chi connectivity index (χ1v) is 5.13. The van der Waals surface area contributed by atoms with E-state index in [4.69, 9.17) is 5.73 Å².